The molecule has 1 aromatic heterocycles. The molecular weight excluding hydrogens is 254 g/mol. The van der Waals surface area contributed by atoms with Crippen LogP contribution in [0.2, 0.25) is 0 Å². The van der Waals surface area contributed by atoms with E-state index in [4.69, 9.17) is 0 Å². The molecule has 0 unspecified atom stereocenters. The van der Waals surface area contributed by atoms with Crippen molar-refractivity contribution in [3.63, 3.8) is 0 Å². The van der Waals surface area contributed by atoms with Crippen molar-refractivity contribution in [1.29, 1.82) is 0 Å². The lowest BCUT2D eigenvalue weighted by Crippen LogP contribution is -2.14. The second-order valence-corrected chi connectivity index (χ2v) is 5.39. The van der Waals surface area contributed by atoms with Crippen LogP contribution in [0.5, 0.6) is 0 Å². The van der Waals surface area contributed by atoms with E-state index in [0.29, 0.717) is 0 Å². The summed E-state index contributed by atoms with van der Waals surface area (Å²) in [4.78, 5) is 1.35. The summed E-state index contributed by atoms with van der Waals surface area (Å²) < 4.78 is 26.2. The van der Waals surface area contributed by atoms with Crippen molar-refractivity contribution in [1.82, 2.24) is 20.2 Å². The van der Waals surface area contributed by atoms with Gasteiger partial charge in [0.1, 0.15) is 0 Å². The van der Waals surface area contributed by atoms with E-state index in [1.807, 2.05) is 6.92 Å². The Labute approximate surface area is 105 Å². The number of anilines is 1. The number of nitrogens with one attached hydrogen (secondary N) is 1. The van der Waals surface area contributed by atoms with E-state index in [9.17, 15) is 8.42 Å². The van der Waals surface area contributed by atoms with Crippen molar-refractivity contribution >= 4 is 16.0 Å². The highest BCUT2D eigenvalue weighted by atomic mass is 32.2. The van der Waals surface area contributed by atoms with E-state index in [0.717, 1.165) is 12.0 Å². The number of aryl methyl sites for hydroxylation is 2. The first-order valence-electron chi connectivity index (χ1n) is 5.37. The van der Waals surface area contributed by atoms with Crippen molar-refractivity contribution in [2.24, 2.45) is 7.05 Å². The molecule has 0 atom stereocenters. The molecule has 0 fully saturated rings. The lowest BCUT2D eigenvalue weighted by molar-refractivity contribution is 0.600. The van der Waals surface area contributed by atoms with Crippen LogP contribution < -0.4 is 4.72 Å². The maximum absolute atomic E-state index is 12.0. The van der Waals surface area contributed by atoms with Gasteiger partial charge in [-0.1, -0.05) is 24.2 Å². The van der Waals surface area contributed by atoms with E-state index in [-0.39, 0.29) is 10.8 Å². The number of hydrogen-bond acceptors (Lipinski definition) is 5. The molecular formula is C10H13N5O2S. The largest absolute Gasteiger partial charge is 0.277 e. The molecule has 0 radical (unpaired) electrons. The highest BCUT2D eigenvalue weighted by Gasteiger charge is 2.16. The first-order valence-corrected chi connectivity index (χ1v) is 6.85. The van der Waals surface area contributed by atoms with Gasteiger partial charge >= 0.3 is 0 Å². The fraction of sp³-hybridized carbons (Fsp3) is 0.300. The Hall–Kier alpha value is -1.96. The molecule has 0 saturated carbocycles. The van der Waals surface area contributed by atoms with Crippen molar-refractivity contribution in [2.75, 3.05) is 4.72 Å². The normalized spacial score (nSPS) is 11.4. The second-order valence-electron chi connectivity index (χ2n) is 3.71. The Morgan fingerprint density at radius 2 is 1.94 bits per heavy atom. The van der Waals surface area contributed by atoms with Gasteiger partial charge in [0, 0.05) is 0 Å². The maximum atomic E-state index is 12.0. The average molecular weight is 267 g/mol. The van der Waals surface area contributed by atoms with Gasteiger partial charge in [0.15, 0.2) is 0 Å². The van der Waals surface area contributed by atoms with Crippen molar-refractivity contribution in [3.05, 3.63) is 29.8 Å². The van der Waals surface area contributed by atoms with Gasteiger partial charge in [-0.15, -0.1) is 5.10 Å². The molecule has 0 aliphatic carbocycles. The molecule has 18 heavy (non-hydrogen) atoms. The minimum absolute atomic E-state index is 0.0444. The quantitative estimate of drug-likeness (QED) is 0.874. The molecule has 96 valence electrons. The molecule has 7 nitrogen and oxygen atoms in total. The summed E-state index contributed by atoms with van der Waals surface area (Å²) in [7, 11) is -2.10. The first-order chi connectivity index (χ1) is 8.51. The summed E-state index contributed by atoms with van der Waals surface area (Å²) in [6.45, 7) is 2.01. The number of sulfonamides is 1. The summed E-state index contributed by atoms with van der Waals surface area (Å²) >= 11 is 0. The molecule has 0 amide bonds. The van der Waals surface area contributed by atoms with Crippen LogP contribution in [0.4, 0.5) is 5.95 Å². The van der Waals surface area contributed by atoms with Gasteiger partial charge in [0.25, 0.3) is 16.0 Å². The Morgan fingerprint density at radius 3 is 2.44 bits per heavy atom. The molecule has 1 aromatic carbocycles. The summed E-state index contributed by atoms with van der Waals surface area (Å²) in [5.74, 6) is -0.0444. The van der Waals surface area contributed by atoms with Gasteiger partial charge in [-0.2, -0.15) is 4.80 Å². The number of rotatable bonds is 4. The zero-order chi connectivity index (χ0) is 13.2. The fourth-order valence-corrected chi connectivity index (χ4v) is 2.34. The Bertz CT molecular complexity index is 633. The third-order valence-corrected chi connectivity index (χ3v) is 3.72. The third-order valence-electron chi connectivity index (χ3n) is 2.38. The minimum Gasteiger partial charge on any atom is -0.245 e. The van der Waals surface area contributed by atoms with Gasteiger partial charge in [0.05, 0.1) is 11.9 Å². The van der Waals surface area contributed by atoms with Gasteiger partial charge in [-0.3, -0.25) is 0 Å². The lowest BCUT2D eigenvalue weighted by atomic mass is 10.2. The first kappa shape index (κ1) is 12.5. The SMILES string of the molecule is CCc1ccc(S(=O)(=O)Nc2nnn(C)n2)cc1. The van der Waals surface area contributed by atoms with Crippen molar-refractivity contribution in [3.8, 4) is 0 Å². The minimum atomic E-state index is -3.65. The summed E-state index contributed by atoms with van der Waals surface area (Å²) in [6.07, 6.45) is 0.861. The number of nitrogens with zero attached hydrogens (tertiary/aromatic N) is 4. The zero-order valence-corrected chi connectivity index (χ0v) is 10.8. The maximum Gasteiger partial charge on any atom is 0.277 e. The van der Waals surface area contributed by atoms with Crippen LogP contribution in [0.15, 0.2) is 29.2 Å². The highest BCUT2D eigenvalue weighted by Crippen LogP contribution is 2.13. The molecule has 8 heteroatoms. The predicted octanol–water partition coefficient (Wildman–Crippen LogP) is 0.573. The van der Waals surface area contributed by atoms with Gasteiger partial charge < -0.3 is 0 Å². The molecule has 2 rings (SSSR count). The zero-order valence-electron chi connectivity index (χ0n) is 10.0. The van der Waals surface area contributed by atoms with E-state index < -0.39 is 10.0 Å². The Kier molecular flexibility index (Phi) is 3.28. The van der Waals surface area contributed by atoms with E-state index in [1.165, 1.54) is 4.80 Å². The predicted molar refractivity (Wildman–Crippen MR) is 65.4 cm³/mol. The van der Waals surface area contributed by atoms with Gasteiger partial charge in [-0.25, -0.2) is 13.1 Å². The monoisotopic (exact) mass is 267 g/mol. The molecule has 0 saturated heterocycles. The molecule has 0 aliphatic heterocycles. The lowest BCUT2D eigenvalue weighted by Gasteiger charge is -2.04. The number of tetrazole rings is 1. The van der Waals surface area contributed by atoms with Crippen LogP contribution in [0.3, 0.4) is 0 Å². The van der Waals surface area contributed by atoms with E-state index in [2.05, 4.69) is 20.1 Å². The topological polar surface area (TPSA) is 89.8 Å². The van der Waals surface area contributed by atoms with Crippen LogP contribution in [0.1, 0.15) is 12.5 Å². The van der Waals surface area contributed by atoms with E-state index in [1.54, 1.807) is 31.3 Å². The van der Waals surface area contributed by atoms with Crippen LogP contribution >= 0.6 is 0 Å². The highest BCUT2D eigenvalue weighted by molar-refractivity contribution is 7.92. The van der Waals surface area contributed by atoms with Gasteiger partial charge in [-0.05, 0) is 29.3 Å². The average Bonchev–Trinajstić information content (AvgIpc) is 2.74. The van der Waals surface area contributed by atoms with Crippen molar-refractivity contribution < 1.29 is 8.42 Å². The molecule has 0 spiro atoms. The molecule has 1 heterocycles. The van der Waals surface area contributed by atoms with Gasteiger partial charge in [0.2, 0.25) is 0 Å². The summed E-state index contributed by atoms with van der Waals surface area (Å²) in [5.41, 5.74) is 1.08. The number of benzene rings is 1. The number of aromatic nitrogens is 4. The second kappa shape index (κ2) is 4.73. The van der Waals surface area contributed by atoms with Crippen molar-refractivity contribution in [2.45, 2.75) is 18.2 Å². The van der Waals surface area contributed by atoms with E-state index >= 15 is 0 Å². The summed E-state index contributed by atoms with van der Waals surface area (Å²) in [5, 5.41) is 10.9. The van der Waals surface area contributed by atoms with Crippen LogP contribution in [-0.2, 0) is 23.5 Å². The molecule has 2 aromatic rings. The molecule has 1 N–H and O–H groups in total. The smallest absolute Gasteiger partial charge is 0.245 e. The van der Waals surface area contributed by atoms with Crippen LogP contribution in [0, 0.1) is 0 Å². The Morgan fingerprint density at radius 1 is 1.28 bits per heavy atom. The van der Waals surface area contributed by atoms with Crippen LogP contribution in [-0.4, -0.2) is 28.6 Å². The molecule has 0 bridgehead atoms. The fourth-order valence-electron chi connectivity index (χ4n) is 1.41. The third kappa shape index (κ3) is 2.65. The standard InChI is InChI=1S/C10H13N5O2S/c1-3-8-4-6-9(7-5-8)18(16,17)13-10-11-14-15(2)12-10/h4-7H,3H2,1-2H3,(H,12,13). The molecule has 0 aliphatic rings. The Balaban J connectivity index is 2.24. The number of hydrogen-bond donors (Lipinski definition) is 1. The van der Waals surface area contributed by atoms with Crippen LogP contribution in [0.25, 0.3) is 0 Å². The summed E-state index contributed by atoms with van der Waals surface area (Å²) in [6, 6.07) is 6.66.